The number of rotatable bonds is 5. The van der Waals surface area contributed by atoms with E-state index in [1.54, 1.807) is 18.7 Å². The Morgan fingerprint density at radius 1 is 1.42 bits per heavy atom. The van der Waals surface area contributed by atoms with Gasteiger partial charge in [0.25, 0.3) is 0 Å². The molecular weight excluding hydrogens is 312 g/mol. The summed E-state index contributed by atoms with van der Waals surface area (Å²) in [5, 5.41) is 8.42. The van der Waals surface area contributed by atoms with E-state index < -0.39 is 5.97 Å². The molecule has 0 radical (unpaired) electrons. The van der Waals surface area contributed by atoms with Gasteiger partial charge in [0.05, 0.1) is 31.3 Å². The predicted molar refractivity (Wildman–Crippen MR) is 89.4 cm³/mol. The number of nitrogens with two attached hydrogens (primary N) is 1. The molecule has 9 heteroatoms. The highest BCUT2D eigenvalue weighted by atomic mass is 16.5. The molecule has 0 saturated carbocycles. The number of methoxy groups -OCH3 is 1. The highest BCUT2D eigenvalue weighted by Crippen LogP contribution is 2.24. The van der Waals surface area contributed by atoms with E-state index in [4.69, 9.17) is 15.2 Å². The summed E-state index contributed by atoms with van der Waals surface area (Å²) in [7, 11) is 3.17. The fourth-order valence-corrected chi connectivity index (χ4v) is 2.26. The van der Waals surface area contributed by atoms with Gasteiger partial charge in [-0.2, -0.15) is 15.2 Å². The molecule has 0 aliphatic heterocycles. The SMILES string of the molecule is CCOC(=O)c1cnn(C)c1/N=C(/OC)c1c(N)c(C)nn1CC. The molecule has 0 atom stereocenters. The minimum Gasteiger partial charge on any atom is -0.479 e. The zero-order valence-electron chi connectivity index (χ0n) is 14.5. The first kappa shape index (κ1) is 17.5. The van der Waals surface area contributed by atoms with Crippen molar-refractivity contribution in [2.24, 2.45) is 12.0 Å². The average Bonchev–Trinajstić information content (AvgIpc) is 3.06. The van der Waals surface area contributed by atoms with Crippen LogP contribution < -0.4 is 5.73 Å². The molecule has 2 rings (SSSR count). The number of carbonyl (C=O) groups excluding carboxylic acids is 1. The van der Waals surface area contributed by atoms with E-state index in [-0.39, 0.29) is 18.1 Å². The van der Waals surface area contributed by atoms with Crippen LogP contribution in [0.4, 0.5) is 11.5 Å². The number of hydrogen-bond acceptors (Lipinski definition) is 7. The lowest BCUT2D eigenvalue weighted by atomic mass is 10.3. The van der Waals surface area contributed by atoms with Gasteiger partial charge in [0, 0.05) is 13.6 Å². The standard InChI is InChI=1S/C15H22N6O3/c1-6-21-12(11(16)9(3)19-21)14(23-5)18-13-10(8-17-20(13)4)15(22)24-7-2/h8H,6-7,16H2,1-5H3/b18-14+. The maximum atomic E-state index is 12.1. The molecule has 0 fully saturated rings. The first-order valence-electron chi connectivity index (χ1n) is 7.59. The van der Waals surface area contributed by atoms with E-state index in [0.717, 1.165) is 0 Å². The second-order valence-corrected chi connectivity index (χ2v) is 5.01. The summed E-state index contributed by atoms with van der Waals surface area (Å²) in [5.74, 6) is 0.0864. The number of aryl methyl sites for hydroxylation is 3. The van der Waals surface area contributed by atoms with Gasteiger partial charge in [-0.15, -0.1) is 0 Å². The molecule has 0 aliphatic carbocycles. The van der Waals surface area contributed by atoms with Crippen molar-refractivity contribution < 1.29 is 14.3 Å². The largest absolute Gasteiger partial charge is 0.479 e. The second kappa shape index (κ2) is 7.16. The smallest absolute Gasteiger partial charge is 0.343 e. The van der Waals surface area contributed by atoms with Crippen molar-refractivity contribution in [3.8, 4) is 0 Å². The topological polar surface area (TPSA) is 110 Å². The number of anilines is 1. The monoisotopic (exact) mass is 334 g/mol. The van der Waals surface area contributed by atoms with E-state index in [1.807, 2.05) is 13.8 Å². The number of aliphatic imine (C=N–C) groups is 1. The Morgan fingerprint density at radius 3 is 2.71 bits per heavy atom. The minimum absolute atomic E-state index is 0.254. The molecule has 24 heavy (non-hydrogen) atoms. The minimum atomic E-state index is -0.493. The fourth-order valence-electron chi connectivity index (χ4n) is 2.26. The average molecular weight is 334 g/mol. The van der Waals surface area contributed by atoms with Crippen LogP contribution in [0.3, 0.4) is 0 Å². The van der Waals surface area contributed by atoms with E-state index in [9.17, 15) is 4.79 Å². The quantitative estimate of drug-likeness (QED) is 0.503. The number of carbonyl (C=O) groups is 1. The van der Waals surface area contributed by atoms with E-state index in [0.29, 0.717) is 29.4 Å². The molecule has 0 amide bonds. The van der Waals surface area contributed by atoms with Gasteiger partial charge in [-0.25, -0.2) is 4.79 Å². The maximum absolute atomic E-state index is 12.1. The van der Waals surface area contributed by atoms with Crippen molar-refractivity contribution in [3.63, 3.8) is 0 Å². The molecule has 0 aromatic carbocycles. The second-order valence-electron chi connectivity index (χ2n) is 5.01. The summed E-state index contributed by atoms with van der Waals surface area (Å²) >= 11 is 0. The van der Waals surface area contributed by atoms with E-state index in [1.165, 1.54) is 18.0 Å². The van der Waals surface area contributed by atoms with Crippen LogP contribution in [-0.2, 0) is 23.1 Å². The van der Waals surface area contributed by atoms with Gasteiger partial charge < -0.3 is 15.2 Å². The lowest BCUT2D eigenvalue weighted by molar-refractivity contribution is 0.0527. The molecule has 0 saturated heterocycles. The molecule has 0 aliphatic rings. The third-order valence-electron chi connectivity index (χ3n) is 3.48. The lowest BCUT2D eigenvalue weighted by Crippen LogP contribution is -2.14. The van der Waals surface area contributed by atoms with Crippen LogP contribution in [0, 0.1) is 6.92 Å². The molecular formula is C15H22N6O3. The molecule has 9 nitrogen and oxygen atoms in total. The Kier molecular flexibility index (Phi) is 5.22. The van der Waals surface area contributed by atoms with Gasteiger partial charge in [-0.05, 0) is 20.8 Å². The molecule has 2 aromatic heterocycles. The molecule has 2 aromatic rings. The van der Waals surface area contributed by atoms with Crippen LogP contribution in [0.1, 0.15) is 35.6 Å². The van der Waals surface area contributed by atoms with Crippen molar-refractivity contribution in [1.82, 2.24) is 19.6 Å². The van der Waals surface area contributed by atoms with E-state index >= 15 is 0 Å². The zero-order valence-corrected chi connectivity index (χ0v) is 14.5. The number of nitrogen functional groups attached to an aromatic ring is 1. The number of aromatic nitrogens is 4. The first-order chi connectivity index (χ1) is 11.4. The predicted octanol–water partition coefficient (Wildman–Crippen LogP) is 1.43. The third-order valence-corrected chi connectivity index (χ3v) is 3.48. The Morgan fingerprint density at radius 2 is 2.12 bits per heavy atom. The summed E-state index contributed by atoms with van der Waals surface area (Å²) in [6, 6.07) is 0. The lowest BCUT2D eigenvalue weighted by Gasteiger charge is -2.09. The number of ether oxygens (including phenoxy) is 2. The highest BCUT2D eigenvalue weighted by molar-refractivity contribution is 6.01. The summed E-state index contributed by atoms with van der Waals surface area (Å²) in [6.07, 6.45) is 1.41. The Labute approximate surface area is 140 Å². The number of esters is 1. The summed E-state index contributed by atoms with van der Waals surface area (Å²) < 4.78 is 13.6. The van der Waals surface area contributed by atoms with Crippen molar-refractivity contribution >= 4 is 23.4 Å². The molecule has 0 unspecified atom stereocenters. The molecule has 2 heterocycles. The summed E-state index contributed by atoms with van der Waals surface area (Å²) in [5.41, 5.74) is 8.10. The number of nitrogens with zero attached hydrogens (tertiary/aromatic N) is 5. The van der Waals surface area contributed by atoms with Gasteiger partial charge in [0.2, 0.25) is 5.90 Å². The van der Waals surface area contributed by atoms with Crippen LogP contribution in [0.5, 0.6) is 0 Å². The van der Waals surface area contributed by atoms with Crippen LogP contribution >= 0.6 is 0 Å². The number of hydrogen-bond donors (Lipinski definition) is 1. The van der Waals surface area contributed by atoms with Crippen molar-refractivity contribution in [2.75, 3.05) is 19.5 Å². The molecule has 0 spiro atoms. The Hall–Kier alpha value is -2.84. The third kappa shape index (κ3) is 3.10. The van der Waals surface area contributed by atoms with Crippen molar-refractivity contribution in [2.45, 2.75) is 27.3 Å². The first-order valence-corrected chi connectivity index (χ1v) is 7.59. The Balaban J connectivity index is 2.57. The normalized spacial score (nSPS) is 11.6. The highest BCUT2D eigenvalue weighted by Gasteiger charge is 2.22. The van der Waals surface area contributed by atoms with Crippen LogP contribution in [0.2, 0.25) is 0 Å². The zero-order chi connectivity index (χ0) is 17.9. The van der Waals surface area contributed by atoms with Crippen LogP contribution in [-0.4, -0.2) is 45.1 Å². The maximum Gasteiger partial charge on any atom is 0.343 e. The van der Waals surface area contributed by atoms with E-state index in [2.05, 4.69) is 15.2 Å². The van der Waals surface area contributed by atoms with Gasteiger partial charge in [-0.1, -0.05) is 0 Å². The summed E-state index contributed by atoms with van der Waals surface area (Å²) in [6.45, 7) is 6.36. The van der Waals surface area contributed by atoms with Gasteiger partial charge in [0.1, 0.15) is 11.3 Å². The van der Waals surface area contributed by atoms with Crippen molar-refractivity contribution in [3.05, 3.63) is 23.1 Å². The molecule has 130 valence electrons. The van der Waals surface area contributed by atoms with Crippen molar-refractivity contribution in [1.29, 1.82) is 0 Å². The molecule has 0 bridgehead atoms. The molecule has 2 N–H and O–H groups in total. The van der Waals surface area contributed by atoms with Crippen LogP contribution in [0.25, 0.3) is 0 Å². The van der Waals surface area contributed by atoms with Crippen LogP contribution in [0.15, 0.2) is 11.2 Å². The fraction of sp³-hybridized carbons (Fsp3) is 0.467. The van der Waals surface area contributed by atoms with Gasteiger partial charge >= 0.3 is 5.97 Å². The van der Waals surface area contributed by atoms with Gasteiger partial charge in [-0.3, -0.25) is 9.36 Å². The van der Waals surface area contributed by atoms with Gasteiger partial charge in [0.15, 0.2) is 5.82 Å². The summed E-state index contributed by atoms with van der Waals surface area (Å²) in [4.78, 5) is 16.5. The Bertz CT molecular complexity index is 775.